The molecule has 1 fully saturated rings. The smallest absolute Gasteiger partial charge is 0.256 e. The zero-order valence-electron chi connectivity index (χ0n) is 19.7. The van der Waals surface area contributed by atoms with Crippen molar-refractivity contribution in [1.82, 2.24) is 4.90 Å². The van der Waals surface area contributed by atoms with Crippen LogP contribution in [0.4, 0.5) is 5.69 Å². The number of amides is 1. The highest BCUT2D eigenvalue weighted by molar-refractivity contribution is 6.01. The lowest BCUT2D eigenvalue weighted by molar-refractivity contribution is 0.0303. The molecule has 0 radical (unpaired) electrons. The van der Waals surface area contributed by atoms with Gasteiger partial charge in [-0.2, -0.15) is 0 Å². The Morgan fingerprint density at radius 2 is 1.71 bits per heavy atom. The molecule has 1 saturated heterocycles. The van der Waals surface area contributed by atoms with Crippen LogP contribution in [0.2, 0.25) is 0 Å². The van der Waals surface area contributed by atoms with Crippen molar-refractivity contribution < 1.29 is 14.3 Å². The number of hydrogen-bond donors (Lipinski definition) is 1. The van der Waals surface area contributed by atoms with Crippen molar-refractivity contribution in [3.8, 4) is 5.75 Å². The second kappa shape index (κ2) is 9.59. The zero-order chi connectivity index (χ0) is 23.6. The summed E-state index contributed by atoms with van der Waals surface area (Å²) in [5, 5.41) is 3.81. The van der Waals surface area contributed by atoms with Crippen LogP contribution < -0.4 is 10.1 Å². The van der Waals surface area contributed by atoms with Crippen LogP contribution in [0.1, 0.15) is 45.4 Å². The number of fused-ring (bicyclic) bond motifs is 3. The van der Waals surface area contributed by atoms with Gasteiger partial charge in [0.2, 0.25) is 0 Å². The minimum atomic E-state index is 0.0492. The lowest BCUT2D eigenvalue weighted by Gasteiger charge is -2.39. The molecule has 35 heavy (non-hydrogen) atoms. The largest absolute Gasteiger partial charge is 0.489 e. The zero-order valence-corrected chi connectivity index (χ0v) is 19.7. The minimum Gasteiger partial charge on any atom is -0.489 e. The van der Waals surface area contributed by atoms with Crippen molar-refractivity contribution in [3.05, 3.63) is 107 Å². The number of carbonyl (C=O) groups excluding carboxylic acids is 1. The van der Waals surface area contributed by atoms with Crippen LogP contribution in [0.25, 0.3) is 0 Å². The lowest BCUT2D eigenvalue weighted by atomic mass is 9.76. The van der Waals surface area contributed by atoms with E-state index in [1.54, 1.807) is 0 Å². The number of ether oxygens (including phenoxy) is 2. The Labute approximate surface area is 206 Å². The van der Waals surface area contributed by atoms with Crippen LogP contribution in [-0.4, -0.2) is 37.1 Å². The summed E-state index contributed by atoms with van der Waals surface area (Å²) in [7, 11) is 0. The molecule has 3 aromatic carbocycles. The highest BCUT2D eigenvalue weighted by Crippen LogP contribution is 2.52. The van der Waals surface area contributed by atoms with Gasteiger partial charge in [0.25, 0.3) is 5.91 Å². The van der Waals surface area contributed by atoms with E-state index in [4.69, 9.17) is 9.47 Å². The van der Waals surface area contributed by atoms with E-state index in [2.05, 4.69) is 53.9 Å². The molecule has 5 nitrogen and oxygen atoms in total. The molecule has 5 heteroatoms. The number of benzene rings is 3. The Bertz CT molecular complexity index is 1230. The van der Waals surface area contributed by atoms with E-state index in [0.29, 0.717) is 38.8 Å². The SMILES string of the molecule is O=C(c1cccc2c1NC(c1ccccc1OCc1ccccc1)C1CC=CC21)N1CCOCC1. The third-order valence-electron chi connectivity index (χ3n) is 7.42. The highest BCUT2D eigenvalue weighted by Gasteiger charge is 2.40. The molecular weight excluding hydrogens is 436 g/mol. The molecule has 2 aliphatic heterocycles. The fourth-order valence-corrected chi connectivity index (χ4v) is 5.65. The van der Waals surface area contributed by atoms with Gasteiger partial charge in [0, 0.05) is 24.6 Å². The van der Waals surface area contributed by atoms with Crippen molar-refractivity contribution in [2.24, 2.45) is 5.92 Å². The van der Waals surface area contributed by atoms with Gasteiger partial charge in [-0.25, -0.2) is 0 Å². The highest BCUT2D eigenvalue weighted by atomic mass is 16.5. The van der Waals surface area contributed by atoms with E-state index in [1.165, 1.54) is 5.56 Å². The molecule has 3 atom stereocenters. The van der Waals surface area contributed by atoms with E-state index in [0.717, 1.165) is 34.5 Å². The van der Waals surface area contributed by atoms with Gasteiger partial charge in [-0.05, 0) is 35.6 Å². The molecule has 6 rings (SSSR count). The van der Waals surface area contributed by atoms with Gasteiger partial charge in [-0.1, -0.05) is 72.8 Å². The fraction of sp³-hybridized carbons (Fsp3) is 0.300. The molecule has 2 heterocycles. The van der Waals surface area contributed by atoms with Gasteiger partial charge < -0.3 is 19.7 Å². The number of allylic oxidation sites excluding steroid dienone is 2. The summed E-state index contributed by atoms with van der Waals surface area (Å²) in [6, 6.07) is 24.8. The second-order valence-electron chi connectivity index (χ2n) is 9.46. The van der Waals surface area contributed by atoms with Crippen molar-refractivity contribution >= 4 is 11.6 Å². The van der Waals surface area contributed by atoms with E-state index in [1.807, 2.05) is 41.3 Å². The molecule has 0 saturated carbocycles. The molecule has 0 bridgehead atoms. The van der Waals surface area contributed by atoms with Gasteiger partial charge in [0.05, 0.1) is 30.5 Å². The standard InChI is InChI=1S/C30H30N2O3/c33-30(32-16-18-34-19-17-32)26-14-7-13-24-22-11-6-12-23(22)28(31-29(24)26)25-10-4-5-15-27(25)35-20-21-8-2-1-3-9-21/h1-11,13-15,22-23,28,31H,12,16-20H2. The normalized spacial score (nSPS) is 22.7. The molecule has 3 aromatic rings. The molecule has 1 N–H and O–H groups in total. The Morgan fingerprint density at radius 1 is 0.943 bits per heavy atom. The van der Waals surface area contributed by atoms with E-state index in [9.17, 15) is 4.79 Å². The van der Waals surface area contributed by atoms with Gasteiger partial charge in [0.1, 0.15) is 12.4 Å². The van der Waals surface area contributed by atoms with Gasteiger partial charge in [0.15, 0.2) is 0 Å². The molecule has 1 aliphatic carbocycles. The maximum Gasteiger partial charge on any atom is 0.256 e. The molecule has 0 aromatic heterocycles. The maximum absolute atomic E-state index is 13.5. The van der Waals surface area contributed by atoms with E-state index in [-0.39, 0.29) is 17.9 Å². The average Bonchev–Trinajstić information content (AvgIpc) is 3.43. The predicted molar refractivity (Wildman–Crippen MR) is 137 cm³/mol. The second-order valence-corrected chi connectivity index (χ2v) is 9.46. The average molecular weight is 467 g/mol. The first kappa shape index (κ1) is 21.9. The summed E-state index contributed by atoms with van der Waals surface area (Å²) in [5.41, 5.74) is 5.20. The van der Waals surface area contributed by atoms with Crippen molar-refractivity contribution in [2.75, 3.05) is 31.6 Å². The van der Waals surface area contributed by atoms with Crippen LogP contribution in [0, 0.1) is 5.92 Å². The Balaban J connectivity index is 1.34. The monoisotopic (exact) mass is 466 g/mol. The molecule has 1 amide bonds. The third-order valence-corrected chi connectivity index (χ3v) is 7.42. The van der Waals surface area contributed by atoms with Gasteiger partial charge in [-0.3, -0.25) is 4.79 Å². The first-order valence-corrected chi connectivity index (χ1v) is 12.5. The fourth-order valence-electron chi connectivity index (χ4n) is 5.65. The first-order chi connectivity index (χ1) is 17.3. The number of para-hydroxylation sites is 2. The molecule has 0 spiro atoms. The van der Waals surface area contributed by atoms with Crippen LogP contribution >= 0.6 is 0 Å². The summed E-state index contributed by atoms with van der Waals surface area (Å²) < 4.78 is 11.8. The van der Waals surface area contributed by atoms with Gasteiger partial charge >= 0.3 is 0 Å². The number of nitrogens with zero attached hydrogens (tertiary/aromatic N) is 1. The Kier molecular flexibility index (Phi) is 6.01. The lowest BCUT2D eigenvalue weighted by Crippen LogP contribution is -2.41. The quantitative estimate of drug-likeness (QED) is 0.500. The number of morpholine rings is 1. The Morgan fingerprint density at radius 3 is 2.57 bits per heavy atom. The van der Waals surface area contributed by atoms with Crippen LogP contribution in [-0.2, 0) is 11.3 Å². The van der Waals surface area contributed by atoms with Crippen molar-refractivity contribution in [1.29, 1.82) is 0 Å². The van der Waals surface area contributed by atoms with Crippen molar-refractivity contribution in [2.45, 2.75) is 25.0 Å². The topological polar surface area (TPSA) is 50.8 Å². The molecular formula is C30H30N2O3. The van der Waals surface area contributed by atoms with Crippen molar-refractivity contribution in [3.63, 3.8) is 0 Å². The minimum absolute atomic E-state index is 0.0492. The molecule has 178 valence electrons. The molecule has 3 aliphatic rings. The first-order valence-electron chi connectivity index (χ1n) is 12.5. The predicted octanol–water partition coefficient (Wildman–Crippen LogP) is 5.56. The Hall–Kier alpha value is -3.57. The van der Waals surface area contributed by atoms with Crippen LogP contribution in [0.15, 0.2) is 84.9 Å². The van der Waals surface area contributed by atoms with E-state index >= 15 is 0 Å². The number of carbonyl (C=O) groups is 1. The van der Waals surface area contributed by atoms with Crippen LogP contribution in [0.5, 0.6) is 5.75 Å². The maximum atomic E-state index is 13.5. The van der Waals surface area contributed by atoms with Gasteiger partial charge in [-0.15, -0.1) is 0 Å². The number of nitrogens with one attached hydrogen (secondary N) is 1. The summed E-state index contributed by atoms with van der Waals surface area (Å²) in [6.45, 7) is 2.98. The summed E-state index contributed by atoms with van der Waals surface area (Å²) in [5.74, 6) is 1.61. The summed E-state index contributed by atoms with van der Waals surface area (Å²) in [6.07, 6.45) is 5.59. The number of hydrogen-bond acceptors (Lipinski definition) is 4. The number of anilines is 1. The molecule has 3 unspecified atom stereocenters. The summed E-state index contributed by atoms with van der Waals surface area (Å²) >= 11 is 0. The number of rotatable bonds is 5. The summed E-state index contributed by atoms with van der Waals surface area (Å²) in [4.78, 5) is 15.4. The van der Waals surface area contributed by atoms with E-state index < -0.39 is 0 Å². The van der Waals surface area contributed by atoms with Crippen LogP contribution in [0.3, 0.4) is 0 Å². The third kappa shape index (κ3) is 4.21.